The van der Waals surface area contributed by atoms with Crippen LogP contribution in [0, 0.1) is 39.9 Å². The Morgan fingerprint density at radius 2 is 1.00 bits per heavy atom. The van der Waals surface area contributed by atoms with Gasteiger partial charge in [-0.3, -0.25) is 34.0 Å². The summed E-state index contributed by atoms with van der Waals surface area (Å²) >= 11 is 0. The van der Waals surface area contributed by atoms with Crippen molar-refractivity contribution in [1.82, 2.24) is 23.9 Å². The molecule has 0 radical (unpaired) electrons. The number of aliphatic hydroxyl groups excluding tert-OH is 3. The molecule has 0 bridgehead atoms. The van der Waals surface area contributed by atoms with Crippen molar-refractivity contribution >= 4 is 27.9 Å². The molecule has 18 heteroatoms. The molecule has 2 unspecified atom stereocenters. The van der Waals surface area contributed by atoms with Gasteiger partial charge in [-0.15, -0.1) is 0 Å². The van der Waals surface area contributed by atoms with Gasteiger partial charge in [0.05, 0.1) is 44.7 Å². The number of sulfonamides is 1. The Hall–Kier alpha value is -0.635. The molecule has 0 amide bonds. The van der Waals surface area contributed by atoms with Gasteiger partial charge in [0.1, 0.15) is 0 Å². The van der Waals surface area contributed by atoms with Gasteiger partial charge in [0.2, 0.25) is 10.0 Å². The molecule has 39 heavy (non-hydrogen) atoms. The molecule has 0 aromatic heterocycles. The number of hydrogen-bond acceptors (Lipinski definition) is 12. The molecule has 1 saturated heterocycles. The Balaban J connectivity index is 0.0000144. The van der Waals surface area contributed by atoms with Gasteiger partial charge in [-0.05, 0) is 0 Å². The van der Waals surface area contributed by atoms with Crippen LogP contribution >= 0.6 is 0 Å². The topological polar surface area (TPSA) is 223 Å². The zero-order valence-electron chi connectivity index (χ0n) is 22.0. The standard InChI is InChI=1S/C21H41N5O11S.Gd/c1-38(36,37)26(12-18(29)16-27)11-17(28)10-22-2-4-23(13-19(30)31)6-8-25(15-21(34)35)9-7-24(5-3-22)14-20(32)33;/h17-18,27-29H,2-16H2,1H3,(H,30,31)(H,32,33)(H,34,35);. The van der Waals surface area contributed by atoms with Gasteiger partial charge in [-0.1, -0.05) is 0 Å². The summed E-state index contributed by atoms with van der Waals surface area (Å²) in [5.41, 5.74) is 0. The van der Waals surface area contributed by atoms with Crippen LogP contribution in [0.3, 0.4) is 0 Å². The van der Waals surface area contributed by atoms with Gasteiger partial charge in [0.15, 0.2) is 0 Å². The number of β-amino-alcohol motifs (C(OH)–C–C–N with tert-alkyl or cyclic N) is 1. The fourth-order valence-corrected chi connectivity index (χ4v) is 4.92. The van der Waals surface area contributed by atoms with E-state index in [1.165, 1.54) is 0 Å². The van der Waals surface area contributed by atoms with E-state index in [1.54, 1.807) is 19.6 Å². The quantitative estimate of drug-likeness (QED) is 0.0992. The molecule has 0 aliphatic carbocycles. The maximum atomic E-state index is 12.1. The van der Waals surface area contributed by atoms with Crippen molar-refractivity contribution in [3.05, 3.63) is 0 Å². The normalized spacial score (nSPS) is 19.4. The average Bonchev–Trinajstić information content (AvgIpc) is 2.78. The Morgan fingerprint density at radius 1 is 0.692 bits per heavy atom. The van der Waals surface area contributed by atoms with Crippen molar-refractivity contribution in [3.63, 3.8) is 0 Å². The van der Waals surface area contributed by atoms with Crippen molar-refractivity contribution in [2.45, 2.75) is 12.2 Å². The van der Waals surface area contributed by atoms with E-state index in [0.717, 1.165) is 10.6 Å². The van der Waals surface area contributed by atoms with Gasteiger partial charge < -0.3 is 30.6 Å². The van der Waals surface area contributed by atoms with Crippen molar-refractivity contribution in [3.8, 4) is 0 Å². The number of rotatable bonds is 14. The van der Waals surface area contributed by atoms with E-state index < -0.39 is 53.3 Å². The van der Waals surface area contributed by atoms with E-state index in [1.807, 2.05) is 0 Å². The molecule has 230 valence electrons. The number of carboxylic acids is 3. The number of carboxylic acid groups (broad SMARTS) is 3. The van der Waals surface area contributed by atoms with Gasteiger partial charge in [-0.2, -0.15) is 4.31 Å². The maximum Gasteiger partial charge on any atom is 0.317 e. The Bertz CT molecular complexity index is 837. The third kappa shape index (κ3) is 17.7. The first kappa shape index (κ1) is 38.4. The number of hydrogen-bond donors (Lipinski definition) is 6. The Kier molecular flexibility index (Phi) is 19.2. The van der Waals surface area contributed by atoms with Crippen LogP contribution in [-0.2, 0) is 24.4 Å². The van der Waals surface area contributed by atoms with Gasteiger partial charge in [0.25, 0.3) is 0 Å². The summed E-state index contributed by atoms with van der Waals surface area (Å²) in [5, 5.41) is 57.2. The zero-order chi connectivity index (χ0) is 28.9. The SMILES string of the molecule is CS(=O)(=O)N(CC(O)CO)CC(O)CN1CCN(CC(=O)O)CCN(CC(=O)O)CCN(CC(=O)O)CC1.[Gd]. The predicted molar refractivity (Wildman–Crippen MR) is 134 cm³/mol. The van der Waals surface area contributed by atoms with Crippen molar-refractivity contribution < 1.29 is 93.4 Å². The fraction of sp³-hybridized carbons (Fsp3) is 0.857. The summed E-state index contributed by atoms with van der Waals surface area (Å²) in [5.74, 6) is -3.18. The van der Waals surface area contributed by atoms with Crippen LogP contribution in [0.4, 0.5) is 0 Å². The molecule has 6 N–H and O–H groups in total. The smallest absolute Gasteiger partial charge is 0.317 e. The molecule has 0 aromatic rings. The second kappa shape index (κ2) is 19.5. The van der Waals surface area contributed by atoms with E-state index >= 15 is 0 Å². The zero-order valence-corrected chi connectivity index (χ0v) is 25.1. The van der Waals surface area contributed by atoms with Crippen LogP contribution in [0.2, 0.25) is 0 Å². The molecule has 1 heterocycles. The van der Waals surface area contributed by atoms with Crippen LogP contribution in [-0.4, -0.2) is 198 Å². The molecule has 1 fully saturated rings. The molecule has 0 spiro atoms. The summed E-state index contributed by atoms with van der Waals surface area (Å²) in [4.78, 5) is 40.7. The summed E-state index contributed by atoms with van der Waals surface area (Å²) < 4.78 is 25.0. The summed E-state index contributed by atoms with van der Waals surface area (Å²) in [6.07, 6.45) is -1.61. The van der Waals surface area contributed by atoms with Gasteiger partial charge in [-0.25, -0.2) is 8.42 Å². The second-order valence-electron chi connectivity index (χ2n) is 9.38. The predicted octanol–water partition coefficient (Wildman–Crippen LogP) is -4.56. The maximum absolute atomic E-state index is 12.1. The molecule has 1 rings (SSSR count). The van der Waals surface area contributed by atoms with E-state index in [2.05, 4.69) is 0 Å². The fourth-order valence-electron chi connectivity index (χ4n) is 4.04. The van der Waals surface area contributed by atoms with E-state index in [4.69, 9.17) is 5.11 Å². The van der Waals surface area contributed by atoms with Crippen LogP contribution in [0.25, 0.3) is 0 Å². The second-order valence-corrected chi connectivity index (χ2v) is 11.4. The Labute approximate surface area is 260 Å². The molecular formula is C21H41GdN5O11S. The van der Waals surface area contributed by atoms with Crippen molar-refractivity contribution in [2.75, 3.05) is 104 Å². The first-order chi connectivity index (χ1) is 17.7. The van der Waals surface area contributed by atoms with Crippen LogP contribution in [0.5, 0.6) is 0 Å². The minimum Gasteiger partial charge on any atom is -0.480 e. The Morgan fingerprint density at radius 3 is 1.28 bits per heavy atom. The number of aliphatic carboxylic acids is 3. The summed E-state index contributed by atoms with van der Waals surface area (Å²) in [7, 11) is -3.81. The van der Waals surface area contributed by atoms with Crippen LogP contribution < -0.4 is 0 Å². The molecular weight excluding hydrogens is 688 g/mol. The number of carbonyl (C=O) groups is 3. The first-order valence-electron chi connectivity index (χ1n) is 12.2. The van der Waals surface area contributed by atoms with E-state index in [9.17, 15) is 48.3 Å². The first-order valence-corrected chi connectivity index (χ1v) is 14.0. The average molecular weight is 729 g/mol. The third-order valence-corrected chi connectivity index (χ3v) is 7.22. The van der Waals surface area contributed by atoms with Gasteiger partial charge in [0, 0.05) is 112 Å². The van der Waals surface area contributed by atoms with E-state index in [-0.39, 0.29) is 125 Å². The largest absolute Gasteiger partial charge is 0.480 e. The molecule has 1 aliphatic rings. The summed E-state index contributed by atoms with van der Waals surface area (Å²) in [6.45, 7) is -0.267. The van der Waals surface area contributed by atoms with Crippen LogP contribution in [0.15, 0.2) is 0 Å². The van der Waals surface area contributed by atoms with Gasteiger partial charge >= 0.3 is 17.9 Å². The third-order valence-electron chi connectivity index (χ3n) is 5.98. The minimum atomic E-state index is -3.81. The minimum absolute atomic E-state index is 0. The van der Waals surface area contributed by atoms with Crippen molar-refractivity contribution in [1.29, 1.82) is 0 Å². The number of nitrogens with zero attached hydrogens (tertiary/aromatic N) is 5. The van der Waals surface area contributed by atoms with Crippen molar-refractivity contribution in [2.24, 2.45) is 0 Å². The summed E-state index contributed by atoms with van der Waals surface area (Å²) in [6, 6.07) is 0. The molecule has 1 aliphatic heterocycles. The molecule has 0 saturated carbocycles. The molecule has 0 aromatic carbocycles. The van der Waals surface area contributed by atoms with E-state index in [0.29, 0.717) is 0 Å². The molecule has 2 atom stereocenters. The number of aliphatic hydroxyl groups is 3. The monoisotopic (exact) mass is 729 g/mol. The van der Waals surface area contributed by atoms with Crippen LogP contribution in [0.1, 0.15) is 0 Å². The molecule has 16 nitrogen and oxygen atoms in total.